The van der Waals surface area contributed by atoms with E-state index >= 15 is 0 Å². The van der Waals surface area contributed by atoms with Crippen LogP contribution in [-0.4, -0.2) is 33.1 Å². The molecular formula is C18H16BrF3N2O3S. The van der Waals surface area contributed by atoms with Gasteiger partial charge in [0.1, 0.15) is 0 Å². The summed E-state index contributed by atoms with van der Waals surface area (Å²) in [5.74, 6) is -2.03. The number of sulfonamides is 1. The Morgan fingerprint density at radius 1 is 1.11 bits per heavy atom. The van der Waals surface area contributed by atoms with E-state index in [9.17, 15) is 26.4 Å². The molecule has 1 heterocycles. The molecule has 28 heavy (non-hydrogen) atoms. The molecule has 150 valence electrons. The fourth-order valence-electron chi connectivity index (χ4n) is 3.07. The molecule has 1 aliphatic heterocycles. The normalized spacial score (nSPS) is 17.4. The lowest BCUT2D eigenvalue weighted by atomic mass is 10.1. The standard InChI is InChI=1S/C18H16BrF3N2O3S/c1-11-3-6-14(7-4-11)28(26,27)23-10-12(2)24(17(25)18(20,21)22)15-8-5-13(19)9-16(15)23/h3-9,12H,10H2,1-2H3/t12-/m0/s1. The molecule has 10 heteroatoms. The van der Waals surface area contributed by atoms with Crippen molar-refractivity contribution in [3.63, 3.8) is 0 Å². The minimum Gasteiger partial charge on any atom is -0.298 e. The highest BCUT2D eigenvalue weighted by Crippen LogP contribution is 2.41. The van der Waals surface area contributed by atoms with Gasteiger partial charge >= 0.3 is 12.1 Å². The van der Waals surface area contributed by atoms with E-state index in [2.05, 4.69) is 15.9 Å². The van der Waals surface area contributed by atoms with Crippen LogP contribution < -0.4 is 9.21 Å². The molecule has 0 radical (unpaired) electrons. The quantitative estimate of drug-likeness (QED) is 0.650. The molecule has 0 aromatic heterocycles. The smallest absolute Gasteiger partial charge is 0.298 e. The SMILES string of the molecule is Cc1ccc(S(=O)(=O)N2C[C@H](C)N(C(=O)C(F)(F)F)c3ccc(Br)cc32)cc1. The number of anilines is 2. The summed E-state index contributed by atoms with van der Waals surface area (Å²) in [5, 5.41) is 0. The fourth-order valence-corrected chi connectivity index (χ4v) is 4.97. The number of halogens is 4. The molecule has 0 saturated carbocycles. The number of hydrogen-bond donors (Lipinski definition) is 0. The average molecular weight is 477 g/mol. The molecule has 0 unspecified atom stereocenters. The van der Waals surface area contributed by atoms with Gasteiger partial charge < -0.3 is 0 Å². The van der Waals surface area contributed by atoms with Crippen molar-refractivity contribution in [3.05, 3.63) is 52.5 Å². The third-order valence-electron chi connectivity index (χ3n) is 4.41. The molecular weight excluding hydrogens is 461 g/mol. The van der Waals surface area contributed by atoms with Crippen molar-refractivity contribution < 1.29 is 26.4 Å². The number of fused-ring (bicyclic) bond motifs is 1. The lowest BCUT2D eigenvalue weighted by Crippen LogP contribution is -2.55. The second-order valence-corrected chi connectivity index (χ2v) is 9.28. The Bertz CT molecular complexity index is 1020. The molecule has 5 nitrogen and oxygen atoms in total. The maximum atomic E-state index is 13.2. The molecule has 0 N–H and O–H groups in total. The van der Waals surface area contributed by atoms with E-state index in [0.717, 1.165) is 9.87 Å². The summed E-state index contributed by atoms with van der Waals surface area (Å²) in [7, 11) is -4.03. The molecule has 0 aliphatic carbocycles. The summed E-state index contributed by atoms with van der Waals surface area (Å²) in [5.41, 5.74) is 0.765. The third-order valence-corrected chi connectivity index (χ3v) is 6.69. The number of amides is 1. The number of carbonyl (C=O) groups excluding carboxylic acids is 1. The lowest BCUT2D eigenvalue weighted by Gasteiger charge is -2.41. The number of hydrogen-bond acceptors (Lipinski definition) is 3. The topological polar surface area (TPSA) is 57.7 Å². The summed E-state index contributed by atoms with van der Waals surface area (Å²) < 4.78 is 67.1. The van der Waals surface area contributed by atoms with E-state index in [0.29, 0.717) is 9.37 Å². The van der Waals surface area contributed by atoms with E-state index in [4.69, 9.17) is 0 Å². The summed E-state index contributed by atoms with van der Waals surface area (Å²) in [4.78, 5) is 12.6. The van der Waals surface area contributed by atoms with Crippen LogP contribution in [0.2, 0.25) is 0 Å². The molecule has 2 aromatic rings. The van der Waals surface area contributed by atoms with Crippen LogP contribution in [0.5, 0.6) is 0 Å². The van der Waals surface area contributed by atoms with Crippen molar-refractivity contribution in [1.29, 1.82) is 0 Å². The first-order chi connectivity index (χ1) is 12.9. The first-order valence-corrected chi connectivity index (χ1v) is 10.5. The zero-order valence-electron chi connectivity index (χ0n) is 14.9. The molecule has 0 bridgehead atoms. The minimum absolute atomic E-state index is 0.00523. The number of rotatable bonds is 2. The van der Waals surface area contributed by atoms with Crippen LogP contribution in [0.15, 0.2) is 51.8 Å². The summed E-state index contributed by atoms with van der Waals surface area (Å²) >= 11 is 3.21. The second kappa shape index (κ2) is 7.07. The summed E-state index contributed by atoms with van der Waals surface area (Å²) in [6.07, 6.45) is -5.07. The number of alkyl halides is 3. The zero-order chi connectivity index (χ0) is 20.9. The van der Waals surface area contributed by atoms with Gasteiger partial charge in [0.25, 0.3) is 10.0 Å². The maximum absolute atomic E-state index is 13.2. The van der Waals surface area contributed by atoms with Crippen LogP contribution in [0.1, 0.15) is 12.5 Å². The highest BCUT2D eigenvalue weighted by molar-refractivity contribution is 9.10. The van der Waals surface area contributed by atoms with Crippen molar-refractivity contribution in [3.8, 4) is 0 Å². The predicted molar refractivity (Wildman–Crippen MR) is 103 cm³/mol. The third kappa shape index (κ3) is 3.62. The van der Waals surface area contributed by atoms with Gasteiger partial charge in [0.2, 0.25) is 0 Å². The first kappa shape index (κ1) is 20.7. The van der Waals surface area contributed by atoms with Gasteiger partial charge in [-0.3, -0.25) is 14.0 Å². The number of nitrogens with zero attached hydrogens (tertiary/aromatic N) is 2. The van der Waals surface area contributed by atoms with Gasteiger partial charge in [0.15, 0.2) is 0 Å². The maximum Gasteiger partial charge on any atom is 0.471 e. The van der Waals surface area contributed by atoms with Crippen LogP contribution >= 0.6 is 15.9 Å². The highest BCUT2D eigenvalue weighted by atomic mass is 79.9. The zero-order valence-corrected chi connectivity index (χ0v) is 17.3. The van der Waals surface area contributed by atoms with Gasteiger partial charge in [-0.25, -0.2) is 8.42 Å². The van der Waals surface area contributed by atoms with Crippen molar-refractivity contribution in [2.45, 2.75) is 31.0 Å². The predicted octanol–water partition coefficient (Wildman–Crippen LogP) is 4.25. The van der Waals surface area contributed by atoms with E-state index < -0.39 is 28.1 Å². The van der Waals surface area contributed by atoms with Crippen LogP contribution in [0, 0.1) is 6.92 Å². The molecule has 1 aliphatic rings. The summed E-state index contributed by atoms with van der Waals surface area (Å²) in [6.45, 7) is 2.89. The van der Waals surface area contributed by atoms with Crippen LogP contribution in [0.3, 0.4) is 0 Å². The molecule has 0 saturated heterocycles. The van der Waals surface area contributed by atoms with Crippen molar-refractivity contribution in [2.24, 2.45) is 0 Å². The molecule has 0 fully saturated rings. The van der Waals surface area contributed by atoms with Crippen molar-refractivity contribution in [2.75, 3.05) is 15.7 Å². The number of benzene rings is 2. The molecule has 1 amide bonds. The molecule has 0 spiro atoms. The van der Waals surface area contributed by atoms with Crippen molar-refractivity contribution in [1.82, 2.24) is 0 Å². The van der Waals surface area contributed by atoms with Crippen molar-refractivity contribution >= 4 is 43.2 Å². The lowest BCUT2D eigenvalue weighted by molar-refractivity contribution is -0.170. The van der Waals surface area contributed by atoms with E-state index in [1.54, 1.807) is 12.1 Å². The van der Waals surface area contributed by atoms with Gasteiger partial charge in [-0.05, 0) is 44.2 Å². The Morgan fingerprint density at radius 3 is 2.29 bits per heavy atom. The Morgan fingerprint density at radius 2 is 1.71 bits per heavy atom. The van der Waals surface area contributed by atoms with E-state index in [1.165, 1.54) is 37.3 Å². The fraction of sp³-hybridized carbons (Fsp3) is 0.278. The number of carbonyl (C=O) groups is 1. The molecule has 3 rings (SSSR count). The largest absolute Gasteiger partial charge is 0.471 e. The summed E-state index contributed by atoms with van der Waals surface area (Å²) in [6, 6.07) is 9.32. The number of aryl methyl sites for hydroxylation is 1. The average Bonchev–Trinajstić information content (AvgIpc) is 2.60. The molecule has 2 aromatic carbocycles. The van der Waals surface area contributed by atoms with Gasteiger partial charge in [0, 0.05) is 4.47 Å². The van der Waals surface area contributed by atoms with Crippen LogP contribution in [-0.2, 0) is 14.8 Å². The Labute approximate surface area is 168 Å². The minimum atomic E-state index is -5.07. The van der Waals surface area contributed by atoms with Gasteiger partial charge in [-0.15, -0.1) is 0 Å². The monoisotopic (exact) mass is 476 g/mol. The highest BCUT2D eigenvalue weighted by Gasteiger charge is 2.48. The van der Waals surface area contributed by atoms with E-state index in [1.807, 2.05) is 6.92 Å². The second-order valence-electron chi connectivity index (χ2n) is 6.50. The van der Waals surface area contributed by atoms with Crippen LogP contribution in [0.25, 0.3) is 0 Å². The Kier molecular flexibility index (Phi) is 5.22. The molecule has 1 atom stereocenters. The van der Waals surface area contributed by atoms with Crippen LogP contribution in [0.4, 0.5) is 24.5 Å². The first-order valence-electron chi connectivity index (χ1n) is 8.22. The van der Waals surface area contributed by atoms with Gasteiger partial charge in [0.05, 0.1) is 28.9 Å². The van der Waals surface area contributed by atoms with Gasteiger partial charge in [-0.1, -0.05) is 33.6 Å². The Hall–Kier alpha value is -2.07. The van der Waals surface area contributed by atoms with Gasteiger partial charge in [-0.2, -0.15) is 13.2 Å². The Balaban J connectivity index is 2.16. The van der Waals surface area contributed by atoms with E-state index in [-0.39, 0.29) is 22.8 Å².